The van der Waals surface area contributed by atoms with Crippen LogP contribution < -0.4 is 4.90 Å². The van der Waals surface area contributed by atoms with Gasteiger partial charge in [-0.05, 0) is 36.8 Å². The molecule has 0 bridgehead atoms. The molecule has 0 saturated carbocycles. The first-order chi connectivity index (χ1) is 11.6. The van der Waals surface area contributed by atoms with Crippen molar-refractivity contribution >= 4 is 11.7 Å². The molecule has 5 nitrogen and oxygen atoms in total. The standard InChI is InChI=1S/C19H24N2O3/c1-15-4-3-5-17(12-15)21-10-8-20(9-11-21)13-18-6-7-19(24-18)14-23-16(2)22/h3-7,12H,8-11,13-14H2,1-2H3. The zero-order chi connectivity index (χ0) is 16.9. The largest absolute Gasteiger partial charge is 0.461 e. The van der Waals surface area contributed by atoms with E-state index in [1.165, 1.54) is 18.2 Å². The fourth-order valence-electron chi connectivity index (χ4n) is 2.97. The van der Waals surface area contributed by atoms with Gasteiger partial charge in [0.25, 0.3) is 0 Å². The summed E-state index contributed by atoms with van der Waals surface area (Å²) in [4.78, 5) is 15.7. The van der Waals surface area contributed by atoms with Crippen molar-refractivity contribution < 1.29 is 13.9 Å². The third-order valence-electron chi connectivity index (χ3n) is 4.25. The highest BCUT2D eigenvalue weighted by atomic mass is 16.5. The average molecular weight is 328 g/mol. The molecule has 1 aliphatic rings. The summed E-state index contributed by atoms with van der Waals surface area (Å²) in [7, 11) is 0. The lowest BCUT2D eigenvalue weighted by molar-refractivity contribution is -0.142. The van der Waals surface area contributed by atoms with Crippen molar-refractivity contribution in [3.05, 3.63) is 53.5 Å². The maximum Gasteiger partial charge on any atom is 0.303 e. The molecule has 0 amide bonds. The van der Waals surface area contributed by atoms with Gasteiger partial charge in [0.05, 0.1) is 6.54 Å². The Hall–Kier alpha value is -2.27. The van der Waals surface area contributed by atoms with Crippen molar-refractivity contribution in [2.24, 2.45) is 0 Å². The van der Waals surface area contributed by atoms with E-state index in [0.29, 0.717) is 5.76 Å². The summed E-state index contributed by atoms with van der Waals surface area (Å²) < 4.78 is 10.7. The van der Waals surface area contributed by atoms with Gasteiger partial charge in [0.1, 0.15) is 18.1 Å². The molecule has 0 aliphatic carbocycles. The molecule has 0 unspecified atom stereocenters. The van der Waals surface area contributed by atoms with Crippen molar-refractivity contribution in [1.82, 2.24) is 4.90 Å². The number of nitrogens with zero attached hydrogens (tertiary/aromatic N) is 2. The first-order valence-electron chi connectivity index (χ1n) is 8.35. The number of aryl methyl sites for hydroxylation is 1. The summed E-state index contributed by atoms with van der Waals surface area (Å²) >= 11 is 0. The van der Waals surface area contributed by atoms with E-state index in [4.69, 9.17) is 9.15 Å². The van der Waals surface area contributed by atoms with E-state index in [1.54, 1.807) is 0 Å². The van der Waals surface area contributed by atoms with Crippen molar-refractivity contribution in [1.29, 1.82) is 0 Å². The minimum Gasteiger partial charge on any atom is -0.461 e. The van der Waals surface area contributed by atoms with Crippen LogP contribution in [-0.4, -0.2) is 37.0 Å². The van der Waals surface area contributed by atoms with Crippen LogP contribution in [0, 0.1) is 6.92 Å². The van der Waals surface area contributed by atoms with Gasteiger partial charge in [0.2, 0.25) is 0 Å². The molecule has 5 heteroatoms. The van der Waals surface area contributed by atoms with E-state index in [0.717, 1.165) is 38.5 Å². The van der Waals surface area contributed by atoms with Crippen molar-refractivity contribution in [3.8, 4) is 0 Å². The molecule has 3 rings (SSSR count). The number of anilines is 1. The van der Waals surface area contributed by atoms with Gasteiger partial charge in [0.15, 0.2) is 0 Å². The predicted molar refractivity (Wildman–Crippen MR) is 92.8 cm³/mol. The summed E-state index contributed by atoms with van der Waals surface area (Å²) in [6.07, 6.45) is 0. The van der Waals surface area contributed by atoms with E-state index in [9.17, 15) is 4.79 Å². The number of rotatable bonds is 5. The number of furan rings is 1. The van der Waals surface area contributed by atoms with Gasteiger partial charge in [-0.3, -0.25) is 9.69 Å². The minimum absolute atomic E-state index is 0.205. The maximum absolute atomic E-state index is 10.8. The third kappa shape index (κ3) is 4.38. The normalized spacial score (nSPS) is 15.5. The molecule has 0 N–H and O–H groups in total. The van der Waals surface area contributed by atoms with E-state index < -0.39 is 0 Å². The zero-order valence-electron chi connectivity index (χ0n) is 14.3. The molecular weight excluding hydrogens is 304 g/mol. The van der Waals surface area contributed by atoms with Crippen LogP contribution in [0.4, 0.5) is 5.69 Å². The Morgan fingerprint density at radius 1 is 1.12 bits per heavy atom. The fourth-order valence-corrected chi connectivity index (χ4v) is 2.97. The SMILES string of the molecule is CC(=O)OCc1ccc(CN2CCN(c3cccc(C)c3)CC2)o1. The smallest absolute Gasteiger partial charge is 0.303 e. The average Bonchev–Trinajstić information content (AvgIpc) is 3.01. The lowest BCUT2D eigenvalue weighted by Crippen LogP contribution is -2.45. The van der Waals surface area contributed by atoms with Gasteiger partial charge in [-0.15, -0.1) is 0 Å². The number of hydrogen-bond acceptors (Lipinski definition) is 5. The summed E-state index contributed by atoms with van der Waals surface area (Å²) in [6, 6.07) is 12.5. The van der Waals surface area contributed by atoms with E-state index in [-0.39, 0.29) is 12.6 Å². The second-order valence-corrected chi connectivity index (χ2v) is 6.25. The number of ether oxygens (including phenoxy) is 1. The van der Waals surface area contributed by atoms with Gasteiger partial charge in [-0.1, -0.05) is 12.1 Å². The zero-order valence-corrected chi connectivity index (χ0v) is 14.3. The molecule has 1 fully saturated rings. The van der Waals surface area contributed by atoms with E-state index >= 15 is 0 Å². The van der Waals surface area contributed by atoms with Gasteiger partial charge in [-0.25, -0.2) is 0 Å². The molecule has 1 aromatic carbocycles. The molecule has 128 valence electrons. The van der Waals surface area contributed by atoms with Gasteiger partial charge in [-0.2, -0.15) is 0 Å². The lowest BCUT2D eigenvalue weighted by atomic mass is 10.2. The summed E-state index contributed by atoms with van der Waals surface area (Å²) in [5.74, 6) is 1.32. The number of hydrogen-bond donors (Lipinski definition) is 0. The number of piperazine rings is 1. The van der Waals surface area contributed by atoms with Gasteiger partial charge >= 0.3 is 5.97 Å². The maximum atomic E-state index is 10.8. The van der Waals surface area contributed by atoms with Crippen molar-refractivity contribution in [2.45, 2.75) is 27.0 Å². The Balaban J connectivity index is 1.49. The topological polar surface area (TPSA) is 45.9 Å². The molecule has 1 aromatic heterocycles. The Kier molecular flexibility index (Phi) is 5.20. The highest BCUT2D eigenvalue weighted by Gasteiger charge is 2.18. The Labute approximate surface area is 142 Å². The molecule has 1 saturated heterocycles. The Bertz CT molecular complexity index is 687. The number of benzene rings is 1. The van der Waals surface area contributed by atoms with Crippen LogP contribution in [0.15, 0.2) is 40.8 Å². The van der Waals surface area contributed by atoms with Crippen LogP contribution in [0.2, 0.25) is 0 Å². The monoisotopic (exact) mass is 328 g/mol. The van der Waals surface area contributed by atoms with Crippen LogP contribution in [0.5, 0.6) is 0 Å². The molecule has 0 atom stereocenters. The number of esters is 1. The molecule has 2 heterocycles. The first-order valence-corrected chi connectivity index (χ1v) is 8.35. The van der Waals surface area contributed by atoms with Crippen molar-refractivity contribution in [3.63, 3.8) is 0 Å². The Morgan fingerprint density at radius 3 is 2.58 bits per heavy atom. The molecule has 0 radical (unpaired) electrons. The Morgan fingerprint density at radius 2 is 1.88 bits per heavy atom. The highest BCUT2D eigenvalue weighted by Crippen LogP contribution is 2.19. The lowest BCUT2D eigenvalue weighted by Gasteiger charge is -2.35. The second kappa shape index (κ2) is 7.53. The molecule has 2 aromatic rings. The van der Waals surface area contributed by atoms with Gasteiger partial charge < -0.3 is 14.1 Å². The van der Waals surface area contributed by atoms with Gasteiger partial charge in [0, 0.05) is 38.8 Å². The van der Waals surface area contributed by atoms with Crippen LogP contribution >= 0.6 is 0 Å². The minimum atomic E-state index is -0.291. The summed E-state index contributed by atoms with van der Waals surface area (Å²) in [6.45, 7) is 8.58. The van der Waals surface area contributed by atoms with Crippen LogP contribution in [-0.2, 0) is 22.7 Å². The molecule has 1 aliphatic heterocycles. The number of carbonyl (C=O) groups is 1. The van der Waals surface area contributed by atoms with E-state index in [2.05, 4.69) is 41.0 Å². The van der Waals surface area contributed by atoms with E-state index in [1.807, 2.05) is 12.1 Å². The van der Waals surface area contributed by atoms with Crippen LogP contribution in [0.3, 0.4) is 0 Å². The molecule has 24 heavy (non-hydrogen) atoms. The van der Waals surface area contributed by atoms with Crippen molar-refractivity contribution in [2.75, 3.05) is 31.1 Å². The first kappa shape index (κ1) is 16.6. The summed E-state index contributed by atoms with van der Waals surface area (Å²) in [5.41, 5.74) is 2.60. The highest BCUT2D eigenvalue weighted by molar-refractivity contribution is 5.65. The predicted octanol–water partition coefficient (Wildman–Crippen LogP) is 2.97. The quantitative estimate of drug-likeness (QED) is 0.790. The molecule has 0 spiro atoms. The fraction of sp³-hybridized carbons (Fsp3) is 0.421. The second-order valence-electron chi connectivity index (χ2n) is 6.25. The van der Waals surface area contributed by atoms with Crippen LogP contribution in [0.1, 0.15) is 24.0 Å². The molecular formula is C19H24N2O3. The summed E-state index contributed by atoms with van der Waals surface area (Å²) in [5, 5.41) is 0. The van der Waals surface area contributed by atoms with Crippen LogP contribution in [0.25, 0.3) is 0 Å². The third-order valence-corrected chi connectivity index (χ3v) is 4.25. The number of carbonyl (C=O) groups excluding carboxylic acids is 1.